The fourth-order valence-electron chi connectivity index (χ4n) is 3.78. The van der Waals surface area contributed by atoms with Crippen LogP contribution in [0.15, 0.2) is 11.4 Å². The maximum absolute atomic E-state index is 3.93. The van der Waals surface area contributed by atoms with Gasteiger partial charge >= 0.3 is 0 Å². The zero-order valence-corrected chi connectivity index (χ0v) is 11.8. The van der Waals surface area contributed by atoms with Crippen LogP contribution in [0.1, 0.15) is 56.4 Å². The molecule has 1 aliphatic heterocycles. The minimum Gasteiger partial charge on any atom is -0.304 e. The molecular weight excluding hydrogens is 226 g/mol. The molecule has 1 nitrogen and oxygen atoms in total. The lowest BCUT2D eigenvalue weighted by molar-refractivity contribution is 0.163. The lowest BCUT2D eigenvalue weighted by Gasteiger charge is -2.45. The van der Waals surface area contributed by atoms with Crippen LogP contribution >= 0.6 is 11.3 Å². The number of thiophene rings is 1. The Morgan fingerprint density at radius 3 is 2.88 bits per heavy atom. The van der Waals surface area contributed by atoms with E-state index in [2.05, 4.69) is 30.6 Å². The average molecular weight is 249 g/mol. The van der Waals surface area contributed by atoms with Gasteiger partial charge in [-0.2, -0.15) is 0 Å². The van der Waals surface area contributed by atoms with Crippen molar-refractivity contribution in [2.75, 3.05) is 0 Å². The molecule has 17 heavy (non-hydrogen) atoms. The van der Waals surface area contributed by atoms with Gasteiger partial charge in [0.1, 0.15) is 0 Å². The molecule has 1 aromatic heterocycles. The summed E-state index contributed by atoms with van der Waals surface area (Å²) in [4.78, 5) is 1.66. The van der Waals surface area contributed by atoms with Crippen molar-refractivity contribution in [3.05, 3.63) is 21.9 Å². The molecular formula is C15H23NS. The zero-order valence-electron chi connectivity index (χ0n) is 11.0. The van der Waals surface area contributed by atoms with E-state index in [4.69, 9.17) is 0 Å². The van der Waals surface area contributed by atoms with E-state index in [1.165, 1.54) is 38.5 Å². The molecule has 1 fully saturated rings. The Morgan fingerprint density at radius 1 is 1.41 bits per heavy atom. The highest BCUT2D eigenvalue weighted by Gasteiger charge is 2.41. The Kier molecular flexibility index (Phi) is 3.04. The first kappa shape index (κ1) is 11.7. The largest absolute Gasteiger partial charge is 0.304 e. The van der Waals surface area contributed by atoms with Crippen LogP contribution in [-0.2, 0) is 12.0 Å². The average Bonchev–Trinajstić information content (AvgIpc) is 2.79. The molecule has 2 heteroatoms. The standard InChI is InChI=1S/C15H23NS/c1-3-12-4-7-15(8-5-12)14-13(6-9-17-14)10-11(2)16-15/h6,9,11-12,16H,3-5,7-8,10H2,1-2H3. The van der Waals surface area contributed by atoms with Crippen molar-refractivity contribution in [2.45, 2.75) is 64.0 Å². The van der Waals surface area contributed by atoms with Gasteiger partial charge < -0.3 is 5.32 Å². The van der Waals surface area contributed by atoms with Gasteiger partial charge in [0, 0.05) is 10.9 Å². The normalized spacial score (nSPS) is 37.1. The predicted molar refractivity (Wildman–Crippen MR) is 74.5 cm³/mol. The third-order valence-electron chi connectivity index (χ3n) is 4.77. The van der Waals surface area contributed by atoms with Gasteiger partial charge in [0.15, 0.2) is 0 Å². The van der Waals surface area contributed by atoms with Crippen molar-refractivity contribution in [2.24, 2.45) is 5.92 Å². The van der Waals surface area contributed by atoms with Gasteiger partial charge in [-0.3, -0.25) is 0 Å². The van der Waals surface area contributed by atoms with E-state index >= 15 is 0 Å². The minimum absolute atomic E-state index is 0.340. The van der Waals surface area contributed by atoms with Crippen LogP contribution < -0.4 is 5.32 Å². The lowest BCUT2D eigenvalue weighted by Crippen LogP contribution is -2.52. The highest BCUT2D eigenvalue weighted by molar-refractivity contribution is 7.10. The first-order chi connectivity index (χ1) is 8.23. The monoisotopic (exact) mass is 249 g/mol. The van der Waals surface area contributed by atoms with E-state index in [-0.39, 0.29) is 0 Å². The highest BCUT2D eigenvalue weighted by Crippen LogP contribution is 2.46. The van der Waals surface area contributed by atoms with Gasteiger partial charge in [-0.1, -0.05) is 13.3 Å². The van der Waals surface area contributed by atoms with Crippen LogP contribution in [0.3, 0.4) is 0 Å². The highest BCUT2D eigenvalue weighted by atomic mass is 32.1. The van der Waals surface area contributed by atoms with Crippen LogP contribution in [0.25, 0.3) is 0 Å². The predicted octanol–water partition coefficient (Wildman–Crippen LogP) is 4.08. The molecule has 1 atom stereocenters. The van der Waals surface area contributed by atoms with Crippen molar-refractivity contribution in [3.8, 4) is 0 Å². The van der Waals surface area contributed by atoms with E-state index < -0.39 is 0 Å². The molecule has 0 amide bonds. The van der Waals surface area contributed by atoms with Crippen LogP contribution in [0.5, 0.6) is 0 Å². The van der Waals surface area contributed by atoms with Crippen molar-refractivity contribution >= 4 is 11.3 Å². The first-order valence-corrected chi connectivity index (χ1v) is 7.96. The third kappa shape index (κ3) is 1.96. The Hall–Kier alpha value is -0.340. The Balaban J connectivity index is 1.88. The molecule has 1 aromatic rings. The minimum atomic E-state index is 0.340. The van der Waals surface area contributed by atoms with Gasteiger partial charge in [0.05, 0.1) is 5.54 Å². The summed E-state index contributed by atoms with van der Waals surface area (Å²) in [7, 11) is 0. The molecule has 0 saturated heterocycles. The Labute approximate surface area is 109 Å². The van der Waals surface area contributed by atoms with Crippen LogP contribution in [0, 0.1) is 5.92 Å². The van der Waals surface area contributed by atoms with Crippen LogP contribution in [-0.4, -0.2) is 6.04 Å². The van der Waals surface area contributed by atoms with Gasteiger partial charge in [-0.05, 0) is 62.0 Å². The topological polar surface area (TPSA) is 12.0 Å². The molecule has 2 aliphatic rings. The third-order valence-corrected chi connectivity index (χ3v) is 5.93. The van der Waals surface area contributed by atoms with Crippen molar-refractivity contribution in [1.82, 2.24) is 5.32 Å². The Bertz CT molecular complexity index is 387. The number of fused-ring (bicyclic) bond motifs is 2. The van der Waals surface area contributed by atoms with E-state index in [0.717, 1.165) is 5.92 Å². The van der Waals surface area contributed by atoms with Crippen LogP contribution in [0.4, 0.5) is 0 Å². The summed E-state index contributed by atoms with van der Waals surface area (Å²) >= 11 is 1.98. The SMILES string of the molecule is CCC1CCC2(CC1)NC(C)Cc1ccsc12. The summed E-state index contributed by atoms with van der Waals surface area (Å²) in [6, 6.07) is 3.00. The second kappa shape index (κ2) is 4.40. The number of hydrogen-bond acceptors (Lipinski definition) is 2. The molecule has 3 rings (SSSR count). The first-order valence-electron chi connectivity index (χ1n) is 7.08. The zero-order chi connectivity index (χ0) is 11.9. The van der Waals surface area contributed by atoms with Crippen molar-refractivity contribution in [3.63, 3.8) is 0 Å². The van der Waals surface area contributed by atoms with Crippen molar-refractivity contribution < 1.29 is 0 Å². The summed E-state index contributed by atoms with van der Waals surface area (Å²) in [6.45, 7) is 4.68. The quantitative estimate of drug-likeness (QED) is 0.791. The second-order valence-electron chi connectivity index (χ2n) is 5.96. The smallest absolute Gasteiger partial charge is 0.0533 e. The molecule has 1 aliphatic carbocycles. The van der Waals surface area contributed by atoms with Gasteiger partial charge in [0.2, 0.25) is 0 Å². The van der Waals surface area contributed by atoms with Crippen LogP contribution in [0.2, 0.25) is 0 Å². The second-order valence-corrected chi connectivity index (χ2v) is 6.87. The van der Waals surface area contributed by atoms with Gasteiger partial charge in [-0.25, -0.2) is 0 Å². The van der Waals surface area contributed by atoms with Crippen molar-refractivity contribution in [1.29, 1.82) is 0 Å². The summed E-state index contributed by atoms with van der Waals surface area (Å²) in [6.07, 6.45) is 8.11. The van der Waals surface area contributed by atoms with E-state index in [9.17, 15) is 0 Å². The molecule has 1 unspecified atom stereocenters. The molecule has 1 spiro atoms. The molecule has 1 N–H and O–H groups in total. The number of hydrogen-bond donors (Lipinski definition) is 1. The fourth-order valence-corrected chi connectivity index (χ4v) is 4.94. The Morgan fingerprint density at radius 2 is 2.18 bits per heavy atom. The summed E-state index contributed by atoms with van der Waals surface area (Å²) < 4.78 is 0. The maximum Gasteiger partial charge on any atom is 0.0533 e. The fraction of sp³-hybridized carbons (Fsp3) is 0.733. The van der Waals surface area contributed by atoms with E-state index in [0.29, 0.717) is 11.6 Å². The summed E-state index contributed by atoms with van der Waals surface area (Å²) in [5.41, 5.74) is 1.96. The molecule has 2 heterocycles. The van der Waals surface area contributed by atoms with E-state index in [1.54, 1.807) is 10.4 Å². The molecule has 0 bridgehead atoms. The number of rotatable bonds is 1. The molecule has 0 aromatic carbocycles. The molecule has 94 valence electrons. The number of nitrogens with one attached hydrogen (secondary N) is 1. The maximum atomic E-state index is 3.93. The molecule has 1 saturated carbocycles. The van der Waals surface area contributed by atoms with Gasteiger partial charge in [0.25, 0.3) is 0 Å². The summed E-state index contributed by atoms with van der Waals surface area (Å²) in [5, 5.41) is 6.22. The van der Waals surface area contributed by atoms with E-state index in [1.807, 2.05) is 11.3 Å². The molecule has 0 radical (unpaired) electrons. The summed E-state index contributed by atoms with van der Waals surface area (Å²) in [5.74, 6) is 0.975. The van der Waals surface area contributed by atoms with Gasteiger partial charge in [-0.15, -0.1) is 11.3 Å². The lowest BCUT2D eigenvalue weighted by atomic mass is 9.72.